The minimum atomic E-state index is -1.79. The summed E-state index contributed by atoms with van der Waals surface area (Å²) in [4.78, 5) is 11.0. The molecular formula is C14H18O3. The number of carboxylic acids is 1. The molecule has 2 rings (SSSR count). The van der Waals surface area contributed by atoms with Crippen LogP contribution >= 0.6 is 0 Å². The van der Waals surface area contributed by atoms with Crippen LogP contribution in [-0.4, -0.2) is 16.2 Å². The van der Waals surface area contributed by atoms with Crippen molar-refractivity contribution in [3.05, 3.63) is 34.9 Å². The zero-order valence-corrected chi connectivity index (χ0v) is 10.2. The number of carbonyl (C=O) groups is 1. The Morgan fingerprint density at radius 3 is 2.65 bits per heavy atom. The Kier molecular flexibility index (Phi) is 2.96. The number of aliphatic hydroxyl groups is 1. The van der Waals surface area contributed by atoms with Crippen molar-refractivity contribution < 1.29 is 15.0 Å². The summed E-state index contributed by atoms with van der Waals surface area (Å²) in [5, 5.41) is 18.9. The average molecular weight is 234 g/mol. The van der Waals surface area contributed by atoms with E-state index in [1.807, 2.05) is 12.1 Å². The average Bonchev–Trinajstić information content (AvgIpc) is 2.70. The van der Waals surface area contributed by atoms with Gasteiger partial charge in [0.25, 0.3) is 0 Å². The number of rotatable bonds is 3. The van der Waals surface area contributed by atoms with Crippen LogP contribution in [0, 0.1) is 5.92 Å². The largest absolute Gasteiger partial charge is 0.479 e. The first-order chi connectivity index (χ1) is 7.95. The Hall–Kier alpha value is -1.35. The number of carboxylic acid groups (broad SMARTS) is 1. The highest BCUT2D eigenvalue weighted by Gasteiger charge is 2.33. The zero-order chi connectivity index (χ0) is 12.6. The van der Waals surface area contributed by atoms with Crippen LogP contribution in [0.3, 0.4) is 0 Å². The SMILES string of the molecule is CCC1Cc2ccc(C(C)(O)C(=O)O)cc2C1. The number of hydrogen-bond acceptors (Lipinski definition) is 2. The monoisotopic (exact) mass is 234 g/mol. The topological polar surface area (TPSA) is 57.5 Å². The number of hydrogen-bond donors (Lipinski definition) is 2. The van der Waals surface area contributed by atoms with Crippen LogP contribution in [0.1, 0.15) is 37.0 Å². The summed E-state index contributed by atoms with van der Waals surface area (Å²) in [6.07, 6.45) is 3.20. The number of aliphatic carboxylic acids is 1. The van der Waals surface area contributed by atoms with Crippen LogP contribution in [0.25, 0.3) is 0 Å². The van der Waals surface area contributed by atoms with E-state index in [-0.39, 0.29) is 0 Å². The predicted molar refractivity (Wildman–Crippen MR) is 64.8 cm³/mol. The molecule has 92 valence electrons. The van der Waals surface area contributed by atoms with Gasteiger partial charge >= 0.3 is 5.97 Å². The fraction of sp³-hybridized carbons (Fsp3) is 0.500. The van der Waals surface area contributed by atoms with Crippen LogP contribution in [0.4, 0.5) is 0 Å². The Balaban J connectivity index is 2.34. The lowest BCUT2D eigenvalue weighted by Crippen LogP contribution is -2.31. The second kappa shape index (κ2) is 4.15. The van der Waals surface area contributed by atoms with E-state index < -0.39 is 11.6 Å². The van der Waals surface area contributed by atoms with E-state index in [0.29, 0.717) is 11.5 Å². The third kappa shape index (κ3) is 2.07. The third-order valence-electron chi connectivity index (χ3n) is 3.78. The molecule has 2 atom stereocenters. The summed E-state index contributed by atoms with van der Waals surface area (Å²) < 4.78 is 0. The van der Waals surface area contributed by atoms with Crippen LogP contribution in [0.5, 0.6) is 0 Å². The lowest BCUT2D eigenvalue weighted by Gasteiger charge is -2.19. The molecule has 1 aromatic rings. The summed E-state index contributed by atoms with van der Waals surface area (Å²) in [5.41, 5.74) is 1.16. The molecule has 2 N–H and O–H groups in total. The second-order valence-corrected chi connectivity index (χ2v) is 5.04. The van der Waals surface area contributed by atoms with E-state index in [9.17, 15) is 9.90 Å². The molecule has 0 fully saturated rings. The first kappa shape index (κ1) is 12.1. The number of benzene rings is 1. The summed E-state index contributed by atoms with van der Waals surface area (Å²) in [5.74, 6) is -0.544. The molecule has 0 heterocycles. The van der Waals surface area contributed by atoms with Gasteiger partial charge in [-0.1, -0.05) is 31.5 Å². The normalized spacial score (nSPS) is 21.9. The zero-order valence-electron chi connectivity index (χ0n) is 10.2. The first-order valence-corrected chi connectivity index (χ1v) is 6.03. The van der Waals surface area contributed by atoms with Gasteiger partial charge in [-0.05, 0) is 42.4 Å². The molecule has 2 unspecified atom stereocenters. The smallest absolute Gasteiger partial charge is 0.340 e. The Labute approximate surface area is 101 Å². The molecule has 0 spiro atoms. The van der Waals surface area contributed by atoms with Crippen molar-refractivity contribution in [2.24, 2.45) is 5.92 Å². The van der Waals surface area contributed by atoms with Gasteiger partial charge in [-0.25, -0.2) is 4.79 Å². The van der Waals surface area contributed by atoms with Gasteiger partial charge in [-0.3, -0.25) is 0 Å². The van der Waals surface area contributed by atoms with Crippen molar-refractivity contribution in [1.82, 2.24) is 0 Å². The molecule has 17 heavy (non-hydrogen) atoms. The third-order valence-corrected chi connectivity index (χ3v) is 3.78. The standard InChI is InChI=1S/C14H18O3/c1-3-9-6-10-4-5-12(8-11(10)7-9)14(2,17)13(15)16/h4-5,8-9,17H,3,6-7H2,1-2H3,(H,15,16). The molecule has 1 aliphatic rings. The quantitative estimate of drug-likeness (QED) is 0.842. The van der Waals surface area contributed by atoms with E-state index in [4.69, 9.17) is 5.11 Å². The van der Waals surface area contributed by atoms with E-state index >= 15 is 0 Å². The van der Waals surface area contributed by atoms with E-state index in [1.54, 1.807) is 6.07 Å². The highest BCUT2D eigenvalue weighted by molar-refractivity contribution is 5.78. The van der Waals surface area contributed by atoms with Gasteiger partial charge in [0, 0.05) is 0 Å². The summed E-state index contributed by atoms with van der Waals surface area (Å²) >= 11 is 0. The molecule has 0 bridgehead atoms. The minimum Gasteiger partial charge on any atom is -0.479 e. The summed E-state index contributed by atoms with van der Waals surface area (Å²) in [7, 11) is 0. The van der Waals surface area contributed by atoms with Crippen molar-refractivity contribution in [2.45, 2.75) is 38.7 Å². The van der Waals surface area contributed by atoms with Crippen molar-refractivity contribution >= 4 is 5.97 Å². The molecule has 3 nitrogen and oxygen atoms in total. The van der Waals surface area contributed by atoms with Crippen molar-refractivity contribution in [3.8, 4) is 0 Å². The van der Waals surface area contributed by atoms with Gasteiger partial charge in [0.15, 0.2) is 5.60 Å². The van der Waals surface area contributed by atoms with Gasteiger partial charge in [0.05, 0.1) is 0 Å². The maximum Gasteiger partial charge on any atom is 0.340 e. The summed E-state index contributed by atoms with van der Waals surface area (Å²) in [6.45, 7) is 3.49. The molecule has 0 aliphatic heterocycles. The Morgan fingerprint density at radius 1 is 1.41 bits per heavy atom. The van der Waals surface area contributed by atoms with E-state index in [1.165, 1.54) is 18.1 Å². The lowest BCUT2D eigenvalue weighted by molar-refractivity contribution is -0.157. The molecular weight excluding hydrogens is 216 g/mol. The molecule has 1 aromatic carbocycles. The van der Waals surface area contributed by atoms with Crippen LogP contribution in [0.15, 0.2) is 18.2 Å². The van der Waals surface area contributed by atoms with Crippen molar-refractivity contribution in [3.63, 3.8) is 0 Å². The second-order valence-electron chi connectivity index (χ2n) is 5.04. The fourth-order valence-corrected chi connectivity index (χ4v) is 2.42. The fourth-order valence-electron chi connectivity index (χ4n) is 2.42. The maximum atomic E-state index is 11.0. The molecule has 1 aliphatic carbocycles. The number of fused-ring (bicyclic) bond motifs is 1. The maximum absolute atomic E-state index is 11.0. The van der Waals surface area contributed by atoms with E-state index in [2.05, 4.69) is 6.92 Å². The molecule has 0 radical (unpaired) electrons. The minimum absolute atomic E-state index is 0.473. The van der Waals surface area contributed by atoms with Gasteiger partial charge < -0.3 is 10.2 Å². The van der Waals surface area contributed by atoms with Crippen molar-refractivity contribution in [1.29, 1.82) is 0 Å². The molecule has 0 saturated carbocycles. The van der Waals surface area contributed by atoms with Crippen LogP contribution in [0.2, 0.25) is 0 Å². The first-order valence-electron chi connectivity index (χ1n) is 6.03. The predicted octanol–water partition coefficient (Wildman–Crippen LogP) is 2.10. The molecule has 0 amide bonds. The van der Waals surface area contributed by atoms with Gasteiger partial charge in [-0.2, -0.15) is 0 Å². The highest BCUT2D eigenvalue weighted by Crippen LogP contribution is 2.32. The van der Waals surface area contributed by atoms with Gasteiger partial charge in [-0.15, -0.1) is 0 Å². The lowest BCUT2D eigenvalue weighted by atomic mass is 9.93. The molecule has 3 heteroatoms. The Morgan fingerprint density at radius 2 is 2.06 bits per heavy atom. The Bertz CT molecular complexity index is 449. The van der Waals surface area contributed by atoms with Crippen molar-refractivity contribution in [2.75, 3.05) is 0 Å². The highest BCUT2D eigenvalue weighted by atomic mass is 16.4. The van der Waals surface area contributed by atoms with Crippen LogP contribution < -0.4 is 0 Å². The van der Waals surface area contributed by atoms with Gasteiger partial charge in [0.2, 0.25) is 0 Å². The summed E-state index contributed by atoms with van der Waals surface area (Å²) in [6, 6.07) is 5.53. The van der Waals surface area contributed by atoms with Crippen LogP contribution in [-0.2, 0) is 23.2 Å². The molecule has 0 saturated heterocycles. The van der Waals surface area contributed by atoms with E-state index in [0.717, 1.165) is 19.3 Å². The molecule has 0 aromatic heterocycles. The van der Waals surface area contributed by atoms with Gasteiger partial charge in [0.1, 0.15) is 0 Å².